The molecule has 3 heteroatoms. The molecule has 1 N–H and O–H groups in total. The molecule has 2 atom stereocenters. The molecule has 1 heterocycles. The summed E-state index contributed by atoms with van der Waals surface area (Å²) in [5.74, 6) is 0. The van der Waals surface area contributed by atoms with Crippen LogP contribution < -0.4 is 5.32 Å². The van der Waals surface area contributed by atoms with Crippen LogP contribution in [0.4, 0.5) is 0 Å². The smallest absolute Gasteiger partial charge is 0.0277 e. The second-order valence-electron chi connectivity index (χ2n) is 6.82. The van der Waals surface area contributed by atoms with Crippen molar-refractivity contribution in [2.75, 3.05) is 33.2 Å². The summed E-state index contributed by atoms with van der Waals surface area (Å²) in [6, 6.07) is 1.60. The Morgan fingerprint density at radius 2 is 2.00 bits per heavy atom. The molecule has 18 heavy (non-hydrogen) atoms. The Balaban J connectivity index is 1.83. The zero-order chi connectivity index (χ0) is 13.2. The van der Waals surface area contributed by atoms with Gasteiger partial charge in [0.15, 0.2) is 0 Å². The highest BCUT2D eigenvalue weighted by molar-refractivity contribution is 4.94. The summed E-state index contributed by atoms with van der Waals surface area (Å²) in [4.78, 5) is 5.25. The van der Waals surface area contributed by atoms with Crippen molar-refractivity contribution in [3.05, 3.63) is 0 Å². The number of nitrogens with one attached hydrogen (secondary N) is 1. The number of likely N-dealkylation sites (N-methyl/N-ethyl adjacent to an activating group) is 1. The molecule has 0 amide bonds. The Morgan fingerprint density at radius 3 is 2.67 bits per heavy atom. The van der Waals surface area contributed by atoms with Gasteiger partial charge in [-0.05, 0) is 53.1 Å². The third kappa shape index (κ3) is 3.25. The molecule has 0 bridgehead atoms. The zero-order valence-corrected chi connectivity index (χ0v) is 12.7. The van der Waals surface area contributed by atoms with E-state index in [1.54, 1.807) is 0 Å². The average Bonchev–Trinajstić information content (AvgIpc) is 2.78. The molecule has 0 radical (unpaired) electrons. The number of hydrogen-bond donors (Lipinski definition) is 1. The van der Waals surface area contributed by atoms with Crippen LogP contribution in [0.25, 0.3) is 0 Å². The van der Waals surface area contributed by atoms with Gasteiger partial charge in [-0.15, -0.1) is 0 Å². The van der Waals surface area contributed by atoms with Crippen molar-refractivity contribution in [1.82, 2.24) is 15.1 Å². The van der Waals surface area contributed by atoms with Crippen LogP contribution in [0.2, 0.25) is 0 Å². The van der Waals surface area contributed by atoms with E-state index in [0.717, 1.165) is 12.1 Å². The predicted octanol–water partition coefficient (Wildman–Crippen LogP) is 1.93. The summed E-state index contributed by atoms with van der Waals surface area (Å²) >= 11 is 0. The molecule has 2 unspecified atom stereocenters. The summed E-state index contributed by atoms with van der Waals surface area (Å²) < 4.78 is 0. The molecule has 0 spiro atoms. The Hall–Kier alpha value is -0.120. The van der Waals surface area contributed by atoms with Gasteiger partial charge in [0, 0.05) is 37.3 Å². The van der Waals surface area contributed by atoms with Crippen LogP contribution in [-0.4, -0.2) is 60.6 Å². The fraction of sp³-hybridized carbons (Fsp3) is 1.00. The summed E-state index contributed by atoms with van der Waals surface area (Å²) in [5.41, 5.74) is 0.340. The highest BCUT2D eigenvalue weighted by Gasteiger charge is 2.36. The van der Waals surface area contributed by atoms with Gasteiger partial charge in [-0.25, -0.2) is 0 Å². The molecule has 2 rings (SSSR count). The van der Waals surface area contributed by atoms with Gasteiger partial charge in [0.05, 0.1) is 0 Å². The second kappa shape index (κ2) is 5.89. The fourth-order valence-electron chi connectivity index (χ4n) is 3.41. The normalized spacial score (nSPS) is 34.0. The molecule has 0 aromatic heterocycles. The van der Waals surface area contributed by atoms with E-state index < -0.39 is 0 Å². The van der Waals surface area contributed by atoms with Crippen LogP contribution in [-0.2, 0) is 0 Å². The summed E-state index contributed by atoms with van der Waals surface area (Å²) in [7, 11) is 2.26. The number of nitrogens with zero attached hydrogens (tertiary/aromatic N) is 2. The van der Waals surface area contributed by atoms with Crippen LogP contribution in [0.1, 0.15) is 46.5 Å². The van der Waals surface area contributed by atoms with Crippen molar-refractivity contribution in [3.8, 4) is 0 Å². The molecule has 0 aromatic rings. The highest BCUT2D eigenvalue weighted by atomic mass is 15.3. The fourth-order valence-corrected chi connectivity index (χ4v) is 3.41. The van der Waals surface area contributed by atoms with Crippen molar-refractivity contribution in [1.29, 1.82) is 0 Å². The first-order valence-corrected chi connectivity index (χ1v) is 7.71. The summed E-state index contributed by atoms with van der Waals surface area (Å²) in [6.07, 6.45) is 5.38. The zero-order valence-electron chi connectivity index (χ0n) is 12.7. The van der Waals surface area contributed by atoms with Gasteiger partial charge in [-0.1, -0.05) is 6.92 Å². The van der Waals surface area contributed by atoms with E-state index in [1.165, 1.54) is 51.9 Å². The van der Waals surface area contributed by atoms with E-state index >= 15 is 0 Å². The third-order valence-electron chi connectivity index (χ3n) is 4.95. The molecule has 0 aromatic carbocycles. The van der Waals surface area contributed by atoms with Gasteiger partial charge in [0.25, 0.3) is 0 Å². The van der Waals surface area contributed by atoms with Gasteiger partial charge >= 0.3 is 0 Å². The minimum Gasteiger partial charge on any atom is -0.314 e. The van der Waals surface area contributed by atoms with Crippen LogP contribution in [0.3, 0.4) is 0 Å². The Bertz CT molecular complexity index is 264. The van der Waals surface area contributed by atoms with Crippen molar-refractivity contribution in [2.24, 2.45) is 0 Å². The monoisotopic (exact) mass is 253 g/mol. The SMILES string of the molecule is CCCNC1CCC(N2CCN(C)C(C)(C)C2)C1. The van der Waals surface area contributed by atoms with Crippen molar-refractivity contribution >= 4 is 0 Å². The van der Waals surface area contributed by atoms with Crippen molar-refractivity contribution < 1.29 is 0 Å². The van der Waals surface area contributed by atoms with Crippen LogP contribution in [0, 0.1) is 0 Å². The van der Waals surface area contributed by atoms with E-state index in [9.17, 15) is 0 Å². The molecule has 2 aliphatic rings. The van der Waals surface area contributed by atoms with Crippen LogP contribution in [0.15, 0.2) is 0 Å². The lowest BCUT2D eigenvalue weighted by Crippen LogP contribution is -2.59. The first-order chi connectivity index (χ1) is 8.53. The maximum absolute atomic E-state index is 3.69. The molecule has 1 saturated heterocycles. The third-order valence-corrected chi connectivity index (χ3v) is 4.95. The lowest BCUT2D eigenvalue weighted by atomic mass is 9.98. The van der Waals surface area contributed by atoms with Gasteiger partial charge in [-0.3, -0.25) is 9.80 Å². The van der Waals surface area contributed by atoms with Gasteiger partial charge in [-0.2, -0.15) is 0 Å². The molecular weight excluding hydrogens is 222 g/mol. The van der Waals surface area contributed by atoms with E-state index in [1.807, 2.05) is 0 Å². The maximum atomic E-state index is 3.69. The number of piperazine rings is 1. The van der Waals surface area contributed by atoms with Gasteiger partial charge < -0.3 is 5.32 Å². The molecule has 1 aliphatic heterocycles. The minimum absolute atomic E-state index is 0.340. The highest BCUT2D eigenvalue weighted by Crippen LogP contribution is 2.28. The lowest BCUT2D eigenvalue weighted by molar-refractivity contribution is 0.0177. The predicted molar refractivity (Wildman–Crippen MR) is 78.0 cm³/mol. The first-order valence-electron chi connectivity index (χ1n) is 7.71. The van der Waals surface area contributed by atoms with Crippen LogP contribution in [0.5, 0.6) is 0 Å². The van der Waals surface area contributed by atoms with Gasteiger partial charge in [0.2, 0.25) is 0 Å². The Kier molecular flexibility index (Phi) is 4.68. The minimum atomic E-state index is 0.340. The molecule has 106 valence electrons. The molecule has 1 aliphatic carbocycles. The van der Waals surface area contributed by atoms with Crippen LogP contribution >= 0.6 is 0 Å². The quantitative estimate of drug-likeness (QED) is 0.826. The van der Waals surface area contributed by atoms with E-state index in [-0.39, 0.29) is 0 Å². The Labute approximate surface area is 113 Å². The van der Waals surface area contributed by atoms with E-state index in [4.69, 9.17) is 0 Å². The van der Waals surface area contributed by atoms with Gasteiger partial charge in [0.1, 0.15) is 0 Å². The lowest BCUT2D eigenvalue weighted by Gasteiger charge is -2.47. The molecule has 2 fully saturated rings. The topological polar surface area (TPSA) is 18.5 Å². The number of hydrogen-bond acceptors (Lipinski definition) is 3. The second-order valence-corrected chi connectivity index (χ2v) is 6.82. The standard InChI is InChI=1S/C15H31N3/c1-5-8-16-13-6-7-14(11-13)18-10-9-17(4)15(2,3)12-18/h13-14,16H,5-12H2,1-4H3. The summed E-state index contributed by atoms with van der Waals surface area (Å²) in [5, 5.41) is 3.69. The average molecular weight is 253 g/mol. The molecule has 3 nitrogen and oxygen atoms in total. The summed E-state index contributed by atoms with van der Waals surface area (Å²) in [6.45, 7) is 11.9. The largest absolute Gasteiger partial charge is 0.314 e. The van der Waals surface area contributed by atoms with Crippen molar-refractivity contribution in [3.63, 3.8) is 0 Å². The molecule has 1 saturated carbocycles. The Morgan fingerprint density at radius 1 is 1.22 bits per heavy atom. The first kappa shape index (κ1) is 14.3. The van der Waals surface area contributed by atoms with Crippen molar-refractivity contribution in [2.45, 2.75) is 64.1 Å². The maximum Gasteiger partial charge on any atom is 0.0277 e. The number of rotatable bonds is 4. The molecular formula is C15H31N3. The van der Waals surface area contributed by atoms with E-state index in [2.05, 4.69) is 42.9 Å². The van der Waals surface area contributed by atoms with E-state index in [0.29, 0.717) is 5.54 Å².